The molecule has 0 aromatic heterocycles. The number of carbonyl (C=O) groups excluding carboxylic acids is 2. The molecule has 2 aromatic rings. The summed E-state index contributed by atoms with van der Waals surface area (Å²) in [6, 6.07) is 10.9. The molecule has 1 atom stereocenters. The molecule has 1 aliphatic heterocycles. The lowest BCUT2D eigenvalue weighted by molar-refractivity contribution is -0.384. The number of aliphatic hydroxyl groups excluding tert-OH is 2. The Labute approximate surface area is 168 Å². The Morgan fingerprint density at radius 2 is 1.86 bits per heavy atom. The van der Waals surface area contributed by atoms with Crippen molar-refractivity contribution in [1.82, 2.24) is 4.90 Å². The molecule has 0 spiro atoms. The number of nitro benzene ring substituents is 1. The van der Waals surface area contributed by atoms with Crippen LogP contribution in [0.15, 0.2) is 58.6 Å². The van der Waals surface area contributed by atoms with Crippen LogP contribution in [-0.2, 0) is 9.59 Å². The standard InChI is InChI=1S/C19H15BrN2O6/c20-13-6-4-11(5-7-13)17(24)15-16(21(8-9-23)19(26)18(15)25)12-2-1-3-14(10-12)22(27)28/h1-7,10,16,23-24H,8-9H2/t16-/m0/s1. The first kappa shape index (κ1) is 19.7. The third-order valence-corrected chi connectivity index (χ3v) is 4.92. The van der Waals surface area contributed by atoms with Crippen molar-refractivity contribution in [1.29, 1.82) is 0 Å². The van der Waals surface area contributed by atoms with Gasteiger partial charge >= 0.3 is 0 Å². The monoisotopic (exact) mass is 446 g/mol. The number of hydrogen-bond donors (Lipinski definition) is 2. The summed E-state index contributed by atoms with van der Waals surface area (Å²) in [4.78, 5) is 36.8. The SMILES string of the molecule is O=C1C(=O)N(CCO)[C@@H](c2cccc([N+](=O)[O-])c2)C1=C(O)c1ccc(Br)cc1. The summed E-state index contributed by atoms with van der Waals surface area (Å²) in [6.45, 7) is -0.564. The van der Waals surface area contributed by atoms with Crippen LogP contribution >= 0.6 is 15.9 Å². The van der Waals surface area contributed by atoms with E-state index in [1.807, 2.05) is 0 Å². The van der Waals surface area contributed by atoms with E-state index in [0.29, 0.717) is 11.1 Å². The molecule has 0 bridgehead atoms. The Balaban J connectivity index is 2.20. The van der Waals surface area contributed by atoms with Crippen LogP contribution in [-0.4, -0.2) is 44.9 Å². The van der Waals surface area contributed by atoms with E-state index in [1.165, 1.54) is 24.3 Å². The van der Waals surface area contributed by atoms with Crippen molar-refractivity contribution in [3.05, 3.63) is 79.8 Å². The molecule has 1 heterocycles. The number of aliphatic hydroxyl groups is 2. The third-order valence-electron chi connectivity index (χ3n) is 4.40. The van der Waals surface area contributed by atoms with E-state index in [0.717, 1.165) is 9.37 Å². The molecule has 1 fully saturated rings. The van der Waals surface area contributed by atoms with E-state index in [1.54, 1.807) is 24.3 Å². The number of likely N-dealkylation sites (tertiary alicyclic amines) is 1. The fourth-order valence-corrected chi connectivity index (χ4v) is 3.40. The number of carbonyl (C=O) groups is 2. The quantitative estimate of drug-likeness (QED) is 0.239. The number of hydrogen-bond acceptors (Lipinski definition) is 6. The average molecular weight is 447 g/mol. The van der Waals surface area contributed by atoms with Gasteiger partial charge in [-0.1, -0.05) is 40.2 Å². The lowest BCUT2D eigenvalue weighted by atomic mass is 9.95. The van der Waals surface area contributed by atoms with E-state index in [2.05, 4.69) is 15.9 Å². The second-order valence-electron chi connectivity index (χ2n) is 6.08. The highest BCUT2D eigenvalue weighted by Crippen LogP contribution is 2.40. The first-order chi connectivity index (χ1) is 13.3. The zero-order valence-corrected chi connectivity index (χ0v) is 16.0. The topological polar surface area (TPSA) is 121 Å². The van der Waals surface area contributed by atoms with E-state index in [4.69, 9.17) is 0 Å². The van der Waals surface area contributed by atoms with Crippen LogP contribution in [0, 0.1) is 10.1 Å². The maximum absolute atomic E-state index is 12.6. The maximum atomic E-state index is 12.6. The Morgan fingerprint density at radius 3 is 2.46 bits per heavy atom. The fourth-order valence-electron chi connectivity index (χ4n) is 3.14. The minimum absolute atomic E-state index is 0.158. The zero-order chi connectivity index (χ0) is 20.4. The third kappa shape index (κ3) is 3.54. The van der Waals surface area contributed by atoms with Crippen LogP contribution in [0.5, 0.6) is 0 Å². The van der Waals surface area contributed by atoms with Gasteiger partial charge in [-0.25, -0.2) is 0 Å². The molecule has 144 valence electrons. The highest BCUT2D eigenvalue weighted by atomic mass is 79.9. The molecule has 2 aromatic carbocycles. The van der Waals surface area contributed by atoms with Crippen LogP contribution < -0.4 is 0 Å². The molecule has 3 rings (SSSR count). The molecule has 0 radical (unpaired) electrons. The largest absolute Gasteiger partial charge is 0.507 e. The van der Waals surface area contributed by atoms with Crippen LogP contribution in [0.25, 0.3) is 5.76 Å². The highest BCUT2D eigenvalue weighted by Gasteiger charge is 2.46. The van der Waals surface area contributed by atoms with Crippen molar-refractivity contribution >= 4 is 39.1 Å². The molecule has 9 heteroatoms. The van der Waals surface area contributed by atoms with Gasteiger partial charge in [0.2, 0.25) is 0 Å². The lowest BCUT2D eigenvalue weighted by Gasteiger charge is -2.24. The number of halogens is 1. The lowest BCUT2D eigenvalue weighted by Crippen LogP contribution is -2.32. The Bertz CT molecular complexity index is 986. The summed E-state index contributed by atoms with van der Waals surface area (Å²) in [7, 11) is 0. The smallest absolute Gasteiger partial charge is 0.295 e. The van der Waals surface area contributed by atoms with Crippen molar-refractivity contribution in [3.63, 3.8) is 0 Å². The van der Waals surface area contributed by atoms with Gasteiger partial charge in [0, 0.05) is 28.7 Å². The molecule has 1 saturated heterocycles. The predicted octanol–water partition coefficient (Wildman–Crippen LogP) is 2.77. The normalized spacial score (nSPS) is 18.5. The molecule has 1 amide bonds. The van der Waals surface area contributed by atoms with Gasteiger partial charge in [0.1, 0.15) is 5.76 Å². The van der Waals surface area contributed by atoms with Gasteiger partial charge < -0.3 is 15.1 Å². The van der Waals surface area contributed by atoms with Crippen molar-refractivity contribution in [2.24, 2.45) is 0 Å². The van der Waals surface area contributed by atoms with Crippen LogP contribution in [0.2, 0.25) is 0 Å². The van der Waals surface area contributed by atoms with Crippen molar-refractivity contribution in [2.45, 2.75) is 6.04 Å². The number of Topliss-reactive ketones (excluding diaryl/α,β-unsaturated/α-hetero) is 1. The summed E-state index contributed by atoms with van der Waals surface area (Å²) in [5.74, 6) is -2.18. The van der Waals surface area contributed by atoms with Crippen molar-refractivity contribution in [2.75, 3.05) is 13.2 Å². The summed E-state index contributed by atoms with van der Waals surface area (Å²) in [5, 5.41) is 31.2. The average Bonchev–Trinajstić information content (AvgIpc) is 2.93. The second-order valence-corrected chi connectivity index (χ2v) is 6.99. The van der Waals surface area contributed by atoms with Gasteiger partial charge in [-0.15, -0.1) is 0 Å². The fraction of sp³-hybridized carbons (Fsp3) is 0.158. The summed E-state index contributed by atoms with van der Waals surface area (Å²) >= 11 is 3.28. The Hall–Kier alpha value is -3.04. The van der Waals surface area contributed by atoms with E-state index >= 15 is 0 Å². The van der Waals surface area contributed by atoms with Crippen molar-refractivity contribution in [3.8, 4) is 0 Å². The second kappa shape index (κ2) is 7.91. The van der Waals surface area contributed by atoms with Crippen LogP contribution in [0.3, 0.4) is 0 Å². The van der Waals surface area contributed by atoms with Gasteiger partial charge in [-0.05, 0) is 17.7 Å². The summed E-state index contributed by atoms with van der Waals surface area (Å²) in [6.07, 6.45) is 0. The van der Waals surface area contributed by atoms with Gasteiger partial charge in [0.05, 0.1) is 23.1 Å². The maximum Gasteiger partial charge on any atom is 0.295 e. The number of non-ortho nitro benzene ring substituents is 1. The number of ketones is 1. The molecule has 0 saturated carbocycles. The molecule has 0 aliphatic carbocycles. The van der Waals surface area contributed by atoms with Crippen molar-refractivity contribution < 1.29 is 24.7 Å². The first-order valence-electron chi connectivity index (χ1n) is 8.24. The predicted molar refractivity (Wildman–Crippen MR) is 103 cm³/mol. The van der Waals surface area contributed by atoms with E-state index < -0.39 is 29.3 Å². The molecular formula is C19H15BrN2O6. The molecule has 0 unspecified atom stereocenters. The molecule has 1 aliphatic rings. The van der Waals surface area contributed by atoms with Gasteiger partial charge in [-0.2, -0.15) is 0 Å². The summed E-state index contributed by atoms with van der Waals surface area (Å²) < 4.78 is 0.764. The van der Waals surface area contributed by atoms with Crippen LogP contribution in [0.1, 0.15) is 17.2 Å². The molecular weight excluding hydrogens is 432 g/mol. The molecule has 2 N–H and O–H groups in total. The number of benzene rings is 2. The minimum Gasteiger partial charge on any atom is -0.507 e. The van der Waals surface area contributed by atoms with E-state index in [-0.39, 0.29) is 23.6 Å². The van der Waals surface area contributed by atoms with Gasteiger partial charge in [0.15, 0.2) is 0 Å². The number of rotatable bonds is 5. The molecule has 28 heavy (non-hydrogen) atoms. The number of β-amino-alcohol motifs (C(OH)–C–C–N with tert-alkyl or cyclic N) is 1. The number of nitro groups is 1. The Kier molecular flexibility index (Phi) is 5.57. The highest BCUT2D eigenvalue weighted by molar-refractivity contribution is 9.10. The van der Waals surface area contributed by atoms with Gasteiger partial charge in [-0.3, -0.25) is 19.7 Å². The number of nitrogens with zero attached hydrogens (tertiary/aromatic N) is 2. The Morgan fingerprint density at radius 1 is 1.18 bits per heavy atom. The summed E-state index contributed by atoms with van der Waals surface area (Å²) in [5.41, 5.74) is 0.220. The van der Waals surface area contributed by atoms with Gasteiger partial charge in [0.25, 0.3) is 17.4 Å². The van der Waals surface area contributed by atoms with E-state index in [9.17, 15) is 29.9 Å². The van der Waals surface area contributed by atoms with Crippen LogP contribution in [0.4, 0.5) is 5.69 Å². The number of amides is 1. The first-order valence-corrected chi connectivity index (χ1v) is 9.04. The zero-order valence-electron chi connectivity index (χ0n) is 14.4. The molecule has 8 nitrogen and oxygen atoms in total. The minimum atomic E-state index is -1.05.